The molecule has 1 atom stereocenters. The molecule has 1 heterocycles. The highest BCUT2D eigenvalue weighted by Crippen LogP contribution is 2.22. The summed E-state index contributed by atoms with van der Waals surface area (Å²) in [5.74, 6) is -0.515. The number of anilines is 1. The Morgan fingerprint density at radius 2 is 1.80 bits per heavy atom. The van der Waals surface area contributed by atoms with E-state index >= 15 is 0 Å². The summed E-state index contributed by atoms with van der Waals surface area (Å²) in [7, 11) is 0. The number of amides is 2. The summed E-state index contributed by atoms with van der Waals surface area (Å²) in [6, 6.07) is 16.4. The van der Waals surface area contributed by atoms with Crippen LogP contribution in [0.5, 0.6) is 0 Å². The van der Waals surface area contributed by atoms with Crippen LogP contribution in [0.3, 0.4) is 0 Å². The number of carboxylic acids is 1. The number of nitrogens with zero attached hydrogens (tertiary/aromatic N) is 1. The molecule has 2 aromatic carbocycles. The number of nitrogens with one attached hydrogen (secondary N) is 1. The molecular weight excluding hydrogens is 316 g/mol. The van der Waals surface area contributed by atoms with Crippen LogP contribution < -0.4 is 5.32 Å². The van der Waals surface area contributed by atoms with E-state index in [0.29, 0.717) is 11.5 Å². The van der Waals surface area contributed by atoms with Gasteiger partial charge in [0, 0.05) is 18.8 Å². The maximum absolute atomic E-state index is 12.4. The molecular formula is C20H22N2O3. The van der Waals surface area contributed by atoms with Gasteiger partial charge in [0.05, 0.1) is 5.56 Å². The van der Waals surface area contributed by atoms with Crippen LogP contribution in [-0.2, 0) is 6.42 Å². The quantitative estimate of drug-likeness (QED) is 0.889. The summed E-state index contributed by atoms with van der Waals surface area (Å²) in [5, 5.41) is 11.9. The van der Waals surface area contributed by atoms with Gasteiger partial charge in [-0.25, -0.2) is 9.59 Å². The van der Waals surface area contributed by atoms with Gasteiger partial charge in [0.15, 0.2) is 0 Å². The fraction of sp³-hybridized carbons (Fsp3) is 0.300. The van der Waals surface area contributed by atoms with Crippen molar-refractivity contribution in [3.63, 3.8) is 0 Å². The van der Waals surface area contributed by atoms with E-state index in [-0.39, 0.29) is 6.03 Å². The van der Waals surface area contributed by atoms with Crippen LogP contribution in [0.2, 0.25) is 0 Å². The molecule has 0 aromatic heterocycles. The van der Waals surface area contributed by atoms with Crippen LogP contribution in [-0.4, -0.2) is 35.1 Å². The van der Waals surface area contributed by atoms with Crippen molar-refractivity contribution in [1.29, 1.82) is 0 Å². The predicted molar refractivity (Wildman–Crippen MR) is 96.9 cm³/mol. The van der Waals surface area contributed by atoms with Crippen molar-refractivity contribution < 1.29 is 14.7 Å². The van der Waals surface area contributed by atoms with Crippen LogP contribution in [0.15, 0.2) is 54.6 Å². The third-order valence-electron chi connectivity index (χ3n) is 4.56. The number of aromatic carboxylic acids is 1. The predicted octanol–water partition coefficient (Wildman–Crippen LogP) is 3.87. The topological polar surface area (TPSA) is 69.6 Å². The average Bonchev–Trinajstić information content (AvgIpc) is 2.63. The van der Waals surface area contributed by atoms with E-state index in [4.69, 9.17) is 5.11 Å². The van der Waals surface area contributed by atoms with Gasteiger partial charge in [0.1, 0.15) is 0 Å². The van der Waals surface area contributed by atoms with Gasteiger partial charge in [-0.05, 0) is 55.0 Å². The highest BCUT2D eigenvalue weighted by atomic mass is 16.4. The molecule has 130 valence electrons. The molecule has 0 saturated carbocycles. The van der Waals surface area contributed by atoms with Gasteiger partial charge in [-0.1, -0.05) is 30.3 Å². The molecule has 0 spiro atoms. The number of urea groups is 1. The van der Waals surface area contributed by atoms with Crippen molar-refractivity contribution >= 4 is 17.7 Å². The Morgan fingerprint density at radius 1 is 1.08 bits per heavy atom. The van der Waals surface area contributed by atoms with Crippen molar-refractivity contribution in [3.8, 4) is 0 Å². The van der Waals surface area contributed by atoms with Gasteiger partial charge in [-0.15, -0.1) is 0 Å². The van der Waals surface area contributed by atoms with E-state index in [0.717, 1.165) is 43.6 Å². The first-order valence-corrected chi connectivity index (χ1v) is 8.55. The molecule has 2 aromatic rings. The van der Waals surface area contributed by atoms with Crippen LogP contribution in [0.25, 0.3) is 0 Å². The number of carbonyl (C=O) groups is 2. The Labute approximate surface area is 147 Å². The molecule has 1 fully saturated rings. The van der Waals surface area contributed by atoms with E-state index in [1.165, 1.54) is 0 Å². The highest BCUT2D eigenvalue weighted by Gasteiger charge is 2.24. The van der Waals surface area contributed by atoms with Crippen molar-refractivity contribution in [2.45, 2.75) is 19.3 Å². The monoisotopic (exact) mass is 338 g/mol. The van der Waals surface area contributed by atoms with Gasteiger partial charge in [-0.3, -0.25) is 0 Å². The van der Waals surface area contributed by atoms with E-state index in [2.05, 4.69) is 5.32 Å². The Kier molecular flexibility index (Phi) is 5.33. The molecule has 5 heteroatoms. The standard InChI is InChI=1S/C20H22N2O3/c23-19(24)17-10-8-15(9-11-17)13-16-5-4-12-22(14-16)20(25)21-18-6-2-1-3-7-18/h1-3,6-11,16H,4-5,12-14H2,(H,21,25)(H,23,24). The van der Waals surface area contributed by atoms with Crippen LogP contribution in [0, 0.1) is 5.92 Å². The van der Waals surface area contributed by atoms with Gasteiger partial charge < -0.3 is 15.3 Å². The first-order chi connectivity index (χ1) is 12.1. The summed E-state index contributed by atoms with van der Waals surface area (Å²) >= 11 is 0. The Hall–Kier alpha value is -2.82. The third kappa shape index (κ3) is 4.59. The van der Waals surface area contributed by atoms with Crippen LogP contribution in [0.4, 0.5) is 10.5 Å². The van der Waals surface area contributed by atoms with Crippen molar-refractivity contribution in [1.82, 2.24) is 4.90 Å². The minimum atomic E-state index is -0.909. The molecule has 1 unspecified atom stereocenters. The highest BCUT2D eigenvalue weighted by molar-refractivity contribution is 5.89. The third-order valence-corrected chi connectivity index (χ3v) is 4.56. The maximum atomic E-state index is 12.4. The van der Waals surface area contributed by atoms with Crippen LogP contribution in [0.1, 0.15) is 28.8 Å². The minimum Gasteiger partial charge on any atom is -0.478 e. The summed E-state index contributed by atoms with van der Waals surface area (Å²) in [4.78, 5) is 25.2. The van der Waals surface area contributed by atoms with Gasteiger partial charge in [0.25, 0.3) is 0 Å². The molecule has 0 radical (unpaired) electrons. The number of para-hydroxylation sites is 1. The van der Waals surface area contributed by atoms with Crippen molar-refractivity contribution in [3.05, 3.63) is 65.7 Å². The lowest BCUT2D eigenvalue weighted by atomic mass is 9.91. The number of carbonyl (C=O) groups excluding carboxylic acids is 1. The molecule has 5 nitrogen and oxygen atoms in total. The van der Waals surface area contributed by atoms with E-state index in [1.807, 2.05) is 47.4 Å². The first-order valence-electron chi connectivity index (χ1n) is 8.55. The molecule has 1 aliphatic rings. The Morgan fingerprint density at radius 3 is 2.48 bits per heavy atom. The summed E-state index contributed by atoms with van der Waals surface area (Å²) in [6.07, 6.45) is 2.92. The summed E-state index contributed by atoms with van der Waals surface area (Å²) in [6.45, 7) is 1.49. The van der Waals surface area contributed by atoms with Gasteiger partial charge in [0.2, 0.25) is 0 Å². The van der Waals surface area contributed by atoms with E-state index < -0.39 is 5.97 Å². The van der Waals surface area contributed by atoms with Crippen molar-refractivity contribution in [2.24, 2.45) is 5.92 Å². The largest absolute Gasteiger partial charge is 0.478 e. The number of piperidine rings is 1. The zero-order valence-electron chi connectivity index (χ0n) is 14.0. The summed E-state index contributed by atoms with van der Waals surface area (Å²) in [5.41, 5.74) is 2.22. The Bertz CT molecular complexity index is 728. The van der Waals surface area contributed by atoms with Crippen LogP contribution >= 0.6 is 0 Å². The molecule has 25 heavy (non-hydrogen) atoms. The molecule has 2 amide bonds. The zero-order valence-corrected chi connectivity index (χ0v) is 14.0. The smallest absolute Gasteiger partial charge is 0.335 e. The second-order valence-corrected chi connectivity index (χ2v) is 6.46. The number of hydrogen-bond acceptors (Lipinski definition) is 2. The number of hydrogen-bond donors (Lipinski definition) is 2. The molecule has 0 aliphatic carbocycles. The summed E-state index contributed by atoms with van der Waals surface area (Å²) < 4.78 is 0. The fourth-order valence-corrected chi connectivity index (χ4v) is 3.26. The van der Waals surface area contributed by atoms with Gasteiger partial charge >= 0.3 is 12.0 Å². The maximum Gasteiger partial charge on any atom is 0.335 e. The van der Waals surface area contributed by atoms with E-state index in [1.54, 1.807) is 12.1 Å². The SMILES string of the molecule is O=C(O)c1ccc(CC2CCCN(C(=O)Nc3ccccc3)C2)cc1. The molecule has 1 aliphatic heterocycles. The lowest BCUT2D eigenvalue weighted by Crippen LogP contribution is -2.42. The lowest BCUT2D eigenvalue weighted by Gasteiger charge is -2.33. The molecule has 1 saturated heterocycles. The molecule has 3 rings (SSSR count). The Balaban J connectivity index is 1.57. The number of benzene rings is 2. The van der Waals surface area contributed by atoms with E-state index in [9.17, 15) is 9.59 Å². The van der Waals surface area contributed by atoms with Crippen molar-refractivity contribution in [2.75, 3.05) is 18.4 Å². The number of rotatable bonds is 4. The second-order valence-electron chi connectivity index (χ2n) is 6.46. The van der Waals surface area contributed by atoms with Gasteiger partial charge in [-0.2, -0.15) is 0 Å². The fourth-order valence-electron chi connectivity index (χ4n) is 3.26. The lowest BCUT2D eigenvalue weighted by molar-refractivity contribution is 0.0697. The number of carboxylic acid groups (broad SMARTS) is 1. The second kappa shape index (κ2) is 7.83. The first kappa shape index (κ1) is 17.0. The molecule has 0 bridgehead atoms. The normalized spacial score (nSPS) is 17.1. The zero-order chi connectivity index (χ0) is 17.6. The number of likely N-dealkylation sites (tertiary alicyclic amines) is 1. The average molecular weight is 338 g/mol. The minimum absolute atomic E-state index is 0.0582. The molecule has 2 N–H and O–H groups in total.